The van der Waals surface area contributed by atoms with Crippen molar-refractivity contribution in [3.05, 3.63) is 63.6 Å². The first-order valence-electron chi connectivity index (χ1n) is 6.34. The zero-order chi connectivity index (χ0) is 15.9. The minimum atomic E-state index is -0.124. The Bertz CT molecular complexity index is 712. The summed E-state index contributed by atoms with van der Waals surface area (Å²) >= 11 is 12.2. The predicted molar refractivity (Wildman–Crippen MR) is 90.6 cm³/mol. The molecule has 2 rings (SSSR count). The number of nitrogens with zero attached hydrogens (tertiary/aromatic N) is 2. The van der Waals surface area contributed by atoms with Crippen molar-refractivity contribution in [3.8, 4) is 5.75 Å². The topological polar surface area (TPSA) is 86.0 Å². The zero-order valence-corrected chi connectivity index (χ0v) is 13.1. The molecule has 0 amide bonds. The second-order valence-corrected chi connectivity index (χ2v) is 5.16. The van der Waals surface area contributed by atoms with E-state index in [-0.39, 0.29) is 5.96 Å². The van der Waals surface area contributed by atoms with E-state index in [9.17, 15) is 0 Å². The molecule has 0 aliphatic heterocycles. The molecule has 22 heavy (non-hydrogen) atoms. The van der Waals surface area contributed by atoms with Crippen molar-refractivity contribution in [2.24, 2.45) is 21.7 Å². The van der Waals surface area contributed by atoms with Crippen molar-refractivity contribution in [2.75, 3.05) is 0 Å². The SMILES string of the molecule is NC(N)=NN=Cc1cccc(OCc2cccc(Cl)c2)c1Cl. The highest BCUT2D eigenvalue weighted by atomic mass is 35.5. The van der Waals surface area contributed by atoms with Crippen molar-refractivity contribution in [3.63, 3.8) is 0 Å². The van der Waals surface area contributed by atoms with Gasteiger partial charge in [-0.3, -0.25) is 0 Å². The summed E-state index contributed by atoms with van der Waals surface area (Å²) in [6.45, 7) is 0.356. The third-order valence-corrected chi connectivity index (χ3v) is 3.29. The summed E-state index contributed by atoms with van der Waals surface area (Å²) in [6.07, 6.45) is 1.45. The maximum atomic E-state index is 6.27. The minimum absolute atomic E-state index is 0.124. The number of halogens is 2. The van der Waals surface area contributed by atoms with Gasteiger partial charge in [0.15, 0.2) is 0 Å². The lowest BCUT2D eigenvalue weighted by atomic mass is 10.2. The molecule has 5 nitrogen and oxygen atoms in total. The maximum absolute atomic E-state index is 6.27. The Hall–Kier alpha value is -2.24. The second-order valence-electron chi connectivity index (χ2n) is 4.35. The van der Waals surface area contributed by atoms with Gasteiger partial charge < -0.3 is 16.2 Å². The summed E-state index contributed by atoms with van der Waals surface area (Å²) < 4.78 is 5.71. The van der Waals surface area contributed by atoms with Gasteiger partial charge >= 0.3 is 0 Å². The molecule has 0 saturated heterocycles. The molecule has 0 aliphatic rings. The van der Waals surface area contributed by atoms with Crippen molar-refractivity contribution >= 4 is 35.4 Å². The van der Waals surface area contributed by atoms with Crippen LogP contribution in [0.15, 0.2) is 52.7 Å². The van der Waals surface area contributed by atoms with Crippen LogP contribution in [0.1, 0.15) is 11.1 Å². The number of rotatable bonds is 5. The molecule has 4 N–H and O–H groups in total. The molecule has 0 aromatic heterocycles. The van der Waals surface area contributed by atoms with Gasteiger partial charge in [0.05, 0.1) is 11.2 Å². The molecular formula is C15H14Cl2N4O. The van der Waals surface area contributed by atoms with Gasteiger partial charge in [-0.05, 0) is 23.8 Å². The second kappa shape index (κ2) is 7.68. The Morgan fingerprint density at radius 3 is 2.64 bits per heavy atom. The molecule has 0 aliphatic carbocycles. The quantitative estimate of drug-likeness (QED) is 0.499. The molecule has 0 fully saturated rings. The summed E-state index contributed by atoms with van der Waals surface area (Å²) in [6, 6.07) is 12.8. The molecule has 114 valence electrons. The Morgan fingerprint density at radius 1 is 1.14 bits per heavy atom. The average molecular weight is 337 g/mol. The largest absolute Gasteiger partial charge is 0.487 e. The van der Waals surface area contributed by atoms with Crippen molar-refractivity contribution in [1.29, 1.82) is 0 Å². The predicted octanol–water partition coefficient (Wildman–Crippen LogP) is 3.18. The van der Waals surface area contributed by atoms with E-state index in [0.29, 0.717) is 28.0 Å². The van der Waals surface area contributed by atoms with E-state index in [2.05, 4.69) is 10.2 Å². The lowest BCUT2D eigenvalue weighted by Crippen LogP contribution is -2.21. The molecule has 2 aromatic rings. The molecule has 0 spiro atoms. The van der Waals surface area contributed by atoms with Crippen LogP contribution in [0.25, 0.3) is 0 Å². The van der Waals surface area contributed by atoms with Crippen LogP contribution in [0.3, 0.4) is 0 Å². The summed E-state index contributed by atoms with van der Waals surface area (Å²) in [4.78, 5) is 0. The van der Waals surface area contributed by atoms with Gasteiger partial charge in [-0.2, -0.15) is 5.10 Å². The van der Waals surface area contributed by atoms with E-state index in [1.54, 1.807) is 24.3 Å². The fourth-order valence-corrected chi connectivity index (χ4v) is 2.13. The number of guanidine groups is 1. The summed E-state index contributed by atoms with van der Waals surface area (Å²) in [5, 5.41) is 8.34. The normalized spacial score (nSPS) is 10.6. The molecule has 0 saturated carbocycles. The van der Waals surface area contributed by atoms with E-state index in [0.717, 1.165) is 5.56 Å². The van der Waals surface area contributed by atoms with Crippen LogP contribution in [-0.2, 0) is 6.61 Å². The number of hydrogen-bond acceptors (Lipinski definition) is 3. The zero-order valence-electron chi connectivity index (χ0n) is 11.5. The van der Waals surface area contributed by atoms with Crippen molar-refractivity contribution in [2.45, 2.75) is 6.61 Å². The van der Waals surface area contributed by atoms with E-state index in [1.165, 1.54) is 6.21 Å². The van der Waals surface area contributed by atoms with Crippen LogP contribution in [0.5, 0.6) is 5.75 Å². The van der Waals surface area contributed by atoms with Crippen LogP contribution in [0.4, 0.5) is 0 Å². The number of benzene rings is 2. The maximum Gasteiger partial charge on any atom is 0.211 e. The number of ether oxygens (including phenoxy) is 1. The number of nitrogens with two attached hydrogens (primary N) is 2. The van der Waals surface area contributed by atoms with Crippen molar-refractivity contribution in [1.82, 2.24) is 0 Å². The standard InChI is InChI=1S/C15H14Cl2N4O/c16-12-5-1-3-10(7-12)9-22-13-6-2-4-11(14(13)17)8-20-21-15(18)19/h1-8H,9H2,(H4,18,19,21). The molecular weight excluding hydrogens is 323 g/mol. The Kier molecular flexibility index (Phi) is 5.63. The Morgan fingerprint density at radius 2 is 1.91 bits per heavy atom. The van der Waals surface area contributed by atoms with Crippen LogP contribution < -0.4 is 16.2 Å². The first-order chi connectivity index (χ1) is 10.6. The van der Waals surface area contributed by atoms with E-state index in [4.69, 9.17) is 39.4 Å². The van der Waals surface area contributed by atoms with Gasteiger partial charge in [0.2, 0.25) is 5.96 Å². The van der Waals surface area contributed by atoms with Crippen LogP contribution in [-0.4, -0.2) is 12.2 Å². The lowest BCUT2D eigenvalue weighted by molar-refractivity contribution is 0.306. The monoisotopic (exact) mass is 336 g/mol. The van der Waals surface area contributed by atoms with Crippen LogP contribution in [0, 0.1) is 0 Å². The molecule has 2 aromatic carbocycles. The Balaban J connectivity index is 2.12. The molecule has 0 radical (unpaired) electrons. The smallest absolute Gasteiger partial charge is 0.211 e. The van der Waals surface area contributed by atoms with Crippen molar-refractivity contribution < 1.29 is 4.74 Å². The third kappa shape index (κ3) is 4.65. The van der Waals surface area contributed by atoms with Crippen LogP contribution >= 0.6 is 23.2 Å². The van der Waals surface area contributed by atoms with Gasteiger partial charge in [-0.25, -0.2) is 0 Å². The highest BCUT2D eigenvalue weighted by Gasteiger charge is 2.06. The molecule has 0 heterocycles. The minimum Gasteiger partial charge on any atom is -0.487 e. The average Bonchev–Trinajstić information content (AvgIpc) is 2.47. The van der Waals surface area contributed by atoms with E-state index in [1.807, 2.05) is 18.2 Å². The lowest BCUT2D eigenvalue weighted by Gasteiger charge is -2.09. The summed E-state index contributed by atoms with van der Waals surface area (Å²) in [7, 11) is 0. The highest BCUT2D eigenvalue weighted by molar-refractivity contribution is 6.34. The molecule has 0 bridgehead atoms. The summed E-state index contributed by atoms with van der Waals surface area (Å²) in [5.41, 5.74) is 12.0. The van der Waals surface area contributed by atoms with E-state index < -0.39 is 0 Å². The molecule has 7 heteroatoms. The van der Waals surface area contributed by atoms with Gasteiger partial charge in [0, 0.05) is 10.6 Å². The van der Waals surface area contributed by atoms with Gasteiger partial charge in [-0.1, -0.05) is 47.5 Å². The fourth-order valence-electron chi connectivity index (χ4n) is 1.68. The first kappa shape index (κ1) is 16.1. The van der Waals surface area contributed by atoms with Crippen LogP contribution in [0.2, 0.25) is 10.0 Å². The van der Waals surface area contributed by atoms with E-state index >= 15 is 0 Å². The molecule has 0 unspecified atom stereocenters. The first-order valence-corrected chi connectivity index (χ1v) is 7.09. The molecule has 0 atom stereocenters. The van der Waals surface area contributed by atoms with Gasteiger partial charge in [-0.15, -0.1) is 5.10 Å². The Labute approximate surface area is 138 Å². The number of hydrogen-bond donors (Lipinski definition) is 2. The van der Waals surface area contributed by atoms with Gasteiger partial charge in [0.25, 0.3) is 0 Å². The summed E-state index contributed by atoms with van der Waals surface area (Å²) in [5.74, 6) is 0.413. The highest BCUT2D eigenvalue weighted by Crippen LogP contribution is 2.28. The fraction of sp³-hybridized carbons (Fsp3) is 0.0667. The third-order valence-electron chi connectivity index (χ3n) is 2.65. The van der Waals surface area contributed by atoms with Gasteiger partial charge in [0.1, 0.15) is 12.4 Å².